The molecule has 1 aromatic carbocycles. The summed E-state index contributed by atoms with van der Waals surface area (Å²) in [5.74, 6) is 1.02. The van der Waals surface area contributed by atoms with E-state index < -0.39 is 0 Å². The summed E-state index contributed by atoms with van der Waals surface area (Å²) in [6.07, 6.45) is 3.21. The number of nitrogens with two attached hydrogens (primary N) is 2. The maximum atomic E-state index is 12.8. The molecule has 0 aromatic heterocycles. The number of amides is 1. The van der Waals surface area contributed by atoms with Crippen LogP contribution in [-0.4, -0.2) is 36.5 Å². The second-order valence-corrected chi connectivity index (χ2v) is 6.46. The van der Waals surface area contributed by atoms with Gasteiger partial charge in [0.05, 0.1) is 0 Å². The van der Waals surface area contributed by atoms with Gasteiger partial charge in [-0.05, 0) is 30.9 Å². The lowest BCUT2D eigenvalue weighted by molar-refractivity contribution is -0.135. The van der Waals surface area contributed by atoms with Gasteiger partial charge in [0.15, 0.2) is 0 Å². The topological polar surface area (TPSA) is 72.4 Å². The molecule has 4 N–H and O–H groups in total. The third-order valence-corrected chi connectivity index (χ3v) is 5.18. The third kappa shape index (κ3) is 2.83. The SMILES string of the molecule is NC[C@H]1CCC[C@H]1C(=O)N1C[C@@H](N)[C@H](c2ccccc2)C1. The Bertz CT molecular complexity index is 490. The number of carbonyl (C=O) groups is 1. The molecule has 2 fully saturated rings. The van der Waals surface area contributed by atoms with Crippen LogP contribution in [0.2, 0.25) is 0 Å². The Morgan fingerprint density at radius 1 is 1.19 bits per heavy atom. The number of benzene rings is 1. The molecule has 0 spiro atoms. The molecule has 1 saturated carbocycles. The third-order valence-electron chi connectivity index (χ3n) is 5.18. The quantitative estimate of drug-likeness (QED) is 0.880. The van der Waals surface area contributed by atoms with Gasteiger partial charge in [0, 0.05) is 31.0 Å². The van der Waals surface area contributed by atoms with E-state index in [1.807, 2.05) is 23.1 Å². The average Bonchev–Trinajstić information content (AvgIpc) is 3.13. The lowest BCUT2D eigenvalue weighted by Gasteiger charge is -2.24. The molecule has 114 valence electrons. The van der Waals surface area contributed by atoms with Crippen molar-refractivity contribution in [3.8, 4) is 0 Å². The summed E-state index contributed by atoms with van der Waals surface area (Å²) in [7, 11) is 0. The molecule has 3 rings (SSSR count). The number of nitrogens with zero attached hydrogens (tertiary/aromatic N) is 1. The first-order valence-electron chi connectivity index (χ1n) is 8.00. The first-order chi connectivity index (χ1) is 10.2. The Morgan fingerprint density at radius 3 is 2.67 bits per heavy atom. The van der Waals surface area contributed by atoms with E-state index in [1.165, 1.54) is 5.56 Å². The van der Waals surface area contributed by atoms with Gasteiger partial charge in [-0.2, -0.15) is 0 Å². The van der Waals surface area contributed by atoms with Crippen molar-refractivity contribution < 1.29 is 4.79 Å². The Kier molecular flexibility index (Phi) is 4.27. The highest BCUT2D eigenvalue weighted by Crippen LogP contribution is 2.35. The summed E-state index contributed by atoms with van der Waals surface area (Å²) in [5, 5.41) is 0. The van der Waals surface area contributed by atoms with E-state index in [2.05, 4.69) is 12.1 Å². The Balaban J connectivity index is 1.69. The van der Waals surface area contributed by atoms with Crippen molar-refractivity contribution in [2.45, 2.75) is 31.2 Å². The van der Waals surface area contributed by atoms with Gasteiger partial charge < -0.3 is 16.4 Å². The van der Waals surface area contributed by atoms with Gasteiger partial charge in [0.1, 0.15) is 0 Å². The summed E-state index contributed by atoms with van der Waals surface area (Å²) in [6.45, 7) is 2.04. The number of hydrogen-bond donors (Lipinski definition) is 2. The zero-order valence-electron chi connectivity index (χ0n) is 12.4. The highest BCUT2D eigenvalue weighted by atomic mass is 16.2. The van der Waals surface area contributed by atoms with E-state index >= 15 is 0 Å². The number of likely N-dealkylation sites (tertiary alicyclic amines) is 1. The molecule has 1 aromatic rings. The van der Waals surface area contributed by atoms with Crippen LogP contribution in [0.1, 0.15) is 30.7 Å². The second-order valence-electron chi connectivity index (χ2n) is 6.46. The monoisotopic (exact) mass is 287 g/mol. The van der Waals surface area contributed by atoms with Crippen molar-refractivity contribution in [2.75, 3.05) is 19.6 Å². The molecule has 0 unspecified atom stereocenters. The predicted octanol–water partition coefficient (Wildman–Crippen LogP) is 1.31. The van der Waals surface area contributed by atoms with Crippen LogP contribution in [0, 0.1) is 11.8 Å². The van der Waals surface area contributed by atoms with E-state index in [9.17, 15) is 4.79 Å². The van der Waals surface area contributed by atoms with E-state index in [0.29, 0.717) is 19.0 Å². The molecule has 0 radical (unpaired) electrons. The predicted molar refractivity (Wildman–Crippen MR) is 83.6 cm³/mol. The van der Waals surface area contributed by atoms with Crippen LogP contribution in [0.3, 0.4) is 0 Å². The standard InChI is InChI=1S/C17H25N3O/c18-9-13-7-4-8-14(13)17(21)20-10-15(16(19)11-20)12-5-2-1-3-6-12/h1-3,5-6,13-16H,4,7-11,18-19H2/t13-,14-,15+,16-/m1/s1. The van der Waals surface area contributed by atoms with Crippen molar-refractivity contribution in [3.63, 3.8) is 0 Å². The number of hydrogen-bond acceptors (Lipinski definition) is 3. The Hall–Kier alpha value is -1.39. The molecule has 1 heterocycles. The molecule has 2 aliphatic rings. The van der Waals surface area contributed by atoms with Gasteiger partial charge in [0.25, 0.3) is 0 Å². The maximum Gasteiger partial charge on any atom is 0.226 e. The maximum absolute atomic E-state index is 12.8. The van der Waals surface area contributed by atoms with Crippen molar-refractivity contribution in [1.29, 1.82) is 0 Å². The number of carbonyl (C=O) groups excluding carboxylic acids is 1. The summed E-state index contributed by atoms with van der Waals surface area (Å²) < 4.78 is 0. The van der Waals surface area contributed by atoms with E-state index in [-0.39, 0.29) is 23.8 Å². The molecule has 21 heavy (non-hydrogen) atoms. The summed E-state index contributed by atoms with van der Waals surface area (Å²) in [6, 6.07) is 10.3. The molecular formula is C17H25N3O. The first kappa shape index (κ1) is 14.5. The second kappa shape index (κ2) is 6.16. The van der Waals surface area contributed by atoms with Gasteiger partial charge in [-0.25, -0.2) is 0 Å². The zero-order chi connectivity index (χ0) is 14.8. The normalized spacial score (nSPS) is 32.6. The van der Waals surface area contributed by atoms with Crippen molar-refractivity contribution >= 4 is 5.91 Å². The molecule has 1 saturated heterocycles. The lowest BCUT2D eigenvalue weighted by atomic mass is 9.94. The average molecular weight is 287 g/mol. The summed E-state index contributed by atoms with van der Waals surface area (Å²) >= 11 is 0. The minimum Gasteiger partial charge on any atom is -0.340 e. The summed E-state index contributed by atoms with van der Waals surface area (Å²) in [5.41, 5.74) is 13.3. The molecule has 0 bridgehead atoms. The van der Waals surface area contributed by atoms with Gasteiger partial charge >= 0.3 is 0 Å². The van der Waals surface area contributed by atoms with Crippen LogP contribution in [0.4, 0.5) is 0 Å². The fourth-order valence-corrected chi connectivity index (χ4v) is 3.94. The van der Waals surface area contributed by atoms with E-state index in [1.54, 1.807) is 0 Å². The molecule has 1 aliphatic carbocycles. The van der Waals surface area contributed by atoms with Crippen molar-refractivity contribution in [1.82, 2.24) is 4.90 Å². The highest BCUT2D eigenvalue weighted by molar-refractivity contribution is 5.80. The Morgan fingerprint density at radius 2 is 1.95 bits per heavy atom. The van der Waals surface area contributed by atoms with Crippen molar-refractivity contribution in [3.05, 3.63) is 35.9 Å². The smallest absolute Gasteiger partial charge is 0.226 e. The van der Waals surface area contributed by atoms with Crippen LogP contribution in [0.25, 0.3) is 0 Å². The van der Waals surface area contributed by atoms with Gasteiger partial charge in [0.2, 0.25) is 5.91 Å². The minimum absolute atomic E-state index is 0.0362. The van der Waals surface area contributed by atoms with Gasteiger partial charge in [-0.1, -0.05) is 36.8 Å². The van der Waals surface area contributed by atoms with E-state index in [0.717, 1.165) is 25.8 Å². The highest BCUT2D eigenvalue weighted by Gasteiger charge is 2.40. The number of rotatable bonds is 3. The Labute approximate surface area is 126 Å². The van der Waals surface area contributed by atoms with Gasteiger partial charge in [-0.3, -0.25) is 4.79 Å². The molecule has 4 heteroatoms. The molecular weight excluding hydrogens is 262 g/mol. The van der Waals surface area contributed by atoms with Crippen LogP contribution in [-0.2, 0) is 4.79 Å². The molecule has 1 aliphatic heterocycles. The van der Waals surface area contributed by atoms with Crippen LogP contribution >= 0.6 is 0 Å². The lowest BCUT2D eigenvalue weighted by Crippen LogP contribution is -2.39. The van der Waals surface area contributed by atoms with Crippen LogP contribution in [0.5, 0.6) is 0 Å². The van der Waals surface area contributed by atoms with Crippen molar-refractivity contribution in [2.24, 2.45) is 23.3 Å². The van der Waals surface area contributed by atoms with Crippen LogP contribution < -0.4 is 11.5 Å². The largest absolute Gasteiger partial charge is 0.340 e. The molecule has 4 atom stereocenters. The minimum atomic E-state index is 0.0362. The van der Waals surface area contributed by atoms with E-state index in [4.69, 9.17) is 11.5 Å². The zero-order valence-corrected chi connectivity index (χ0v) is 12.4. The van der Waals surface area contributed by atoms with Crippen LogP contribution in [0.15, 0.2) is 30.3 Å². The fourth-order valence-electron chi connectivity index (χ4n) is 3.94. The fraction of sp³-hybridized carbons (Fsp3) is 0.588. The molecule has 4 nitrogen and oxygen atoms in total. The first-order valence-corrected chi connectivity index (χ1v) is 8.00. The van der Waals surface area contributed by atoms with Gasteiger partial charge in [-0.15, -0.1) is 0 Å². The molecule has 1 amide bonds. The summed E-state index contributed by atoms with van der Waals surface area (Å²) in [4.78, 5) is 14.7.